The van der Waals surface area contributed by atoms with Crippen LogP contribution in [0.15, 0.2) is 376 Å². The van der Waals surface area contributed by atoms with E-state index in [1.54, 1.807) is 0 Å². The highest BCUT2D eigenvalue weighted by atomic mass is 16.5. The third-order valence-electron chi connectivity index (χ3n) is 22.3. The van der Waals surface area contributed by atoms with Crippen LogP contribution in [0.3, 0.4) is 0 Å². The molecule has 0 aromatic heterocycles. The number of ether oxygens (including phenoxy) is 3. The normalized spacial score (nSPS) is 13.2. The van der Waals surface area contributed by atoms with Crippen molar-refractivity contribution in [3.8, 4) is 56.8 Å². The van der Waals surface area contributed by atoms with Gasteiger partial charge in [0.15, 0.2) is 0 Å². The van der Waals surface area contributed by atoms with Crippen LogP contribution in [0.25, 0.3) is 22.3 Å². The van der Waals surface area contributed by atoms with Crippen molar-refractivity contribution >= 4 is 155 Å². The second kappa shape index (κ2) is 24.4. The van der Waals surface area contributed by atoms with Crippen LogP contribution in [0, 0.1) is 0 Å². The van der Waals surface area contributed by atoms with Crippen molar-refractivity contribution in [1.29, 1.82) is 0 Å². The number of rotatable bonds is 11. The lowest BCUT2D eigenvalue weighted by atomic mass is 9.29. The average Bonchev–Trinajstić information content (AvgIpc) is 0.679. The van der Waals surface area contributed by atoms with Crippen LogP contribution in [0.2, 0.25) is 0 Å². The van der Waals surface area contributed by atoms with Crippen molar-refractivity contribution in [2.45, 2.75) is 0 Å². The van der Waals surface area contributed by atoms with E-state index in [-0.39, 0.29) is 20.1 Å². The molecule has 0 saturated carbocycles. The summed E-state index contributed by atoms with van der Waals surface area (Å²) in [7, 11) is 0. The Morgan fingerprint density at radius 2 is 0.598 bits per heavy atom. The predicted molar refractivity (Wildman–Crippen MR) is 444 cm³/mol. The number of benzene rings is 16. The first-order valence-electron chi connectivity index (χ1n) is 36.7. The molecule has 22 rings (SSSR count). The van der Waals surface area contributed by atoms with E-state index in [9.17, 15) is 0 Å². The Kier molecular flexibility index (Phi) is 13.8. The molecule has 0 spiro atoms. The summed E-state index contributed by atoms with van der Waals surface area (Å²) in [5.74, 6) is 4.62. The maximum absolute atomic E-state index is 8.00. The number of hydrogen-bond acceptors (Lipinski definition) is 8. The van der Waals surface area contributed by atoms with Crippen LogP contribution in [0.1, 0.15) is 0 Å². The van der Waals surface area contributed by atoms with Crippen molar-refractivity contribution in [3.63, 3.8) is 0 Å². The maximum atomic E-state index is 8.00. The summed E-state index contributed by atoms with van der Waals surface area (Å²) in [6.45, 7) is -0.960. The zero-order valence-electron chi connectivity index (χ0n) is 58.0. The first-order valence-corrected chi connectivity index (χ1v) is 36.7. The van der Waals surface area contributed by atoms with Gasteiger partial charge in [-0.2, -0.15) is 0 Å². The number of hydrogen-bond donors (Lipinski definition) is 0. The standard InChI is InChI=1S/C96H62B3N5O3/c1-9-32-63(33-10-1)73-48-31-49-74(64-34-11-2-12-35-64)95(73)104-82-61-87-79(97-75-50-25-28-53-80(75)102(69-44-21-7-22-45-69)83-56-71(58-88(105-87)91(83)97)100(65-36-13-3-14-37-65)66-38-15-4-16-39-66)60-78(82)98-77-52-27-30-55-86(77)107-96-93(98)85(104)62-90-94(96)99-76-51-26-29-54-81(76)103(70-46-23-8-24-47-70)84-57-72(59-89(106-90)92(84)99)101(67-40-17-5-18-41-67)68-42-19-6-20-43-68/h1-62H. The minimum atomic E-state index is -0.351. The van der Waals surface area contributed by atoms with Gasteiger partial charge < -0.3 is 38.7 Å². The molecule has 0 saturated heterocycles. The second-order valence-electron chi connectivity index (χ2n) is 28.1. The Morgan fingerprint density at radius 1 is 0.215 bits per heavy atom. The highest BCUT2D eigenvalue weighted by molar-refractivity contribution is 7.04. The van der Waals surface area contributed by atoms with E-state index in [1.165, 1.54) is 5.46 Å². The summed E-state index contributed by atoms with van der Waals surface area (Å²) in [6, 6.07) is 136. The van der Waals surface area contributed by atoms with Gasteiger partial charge in [0.1, 0.15) is 34.5 Å². The van der Waals surface area contributed by atoms with E-state index in [1.807, 2.05) is 0 Å². The molecular formula is C96H62B3N5O3. The van der Waals surface area contributed by atoms with Gasteiger partial charge in [0.05, 0.1) is 17.1 Å². The largest absolute Gasteiger partial charge is 0.459 e. The Morgan fingerprint density at radius 3 is 1.10 bits per heavy atom. The van der Waals surface area contributed by atoms with E-state index < -0.39 is 0 Å². The smallest absolute Gasteiger partial charge is 0.261 e. The van der Waals surface area contributed by atoms with Crippen LogP contribution < -0.4 is 87.9 Å². The summed E-state index contributed by atoms with van der Waals surface area (Å²) in [6.07, 6.45) is 0. The fraction of sp³-hybridized carbons (Fsp3) is 0. The van der Waals surface area contributed by atoms with Gasteiger partial charge in [0.25, 0.3) is 20.1 Å². The number of anilines is 15. The minimum absolute atomic E-state index is 0.259. The third kappa shape index (κ3) is 9.47. The lowest BCUT2D eigenvalue weighted by molar-refractivity contribution is 0.469. The van der Waals surface area contributed by atoms with Crippen LogP contribution in [0.4, 0.5) is 85.3 Å². The van der Waals surface area contributed by atoms with Gasteiger partial charge in [-0.25, -0.2) is 0 Å². The highest BCUT2D eigenvalue weighted by Crippen LogP contribution is 2.54. The van der Waals surface area contributed by atoms with Crippen molar-refractivity contribution in [2.75, 3.05) is 24.5 Å². The number of nitrogens with zero attached hydrogens (tertiary/aromatic N) is 5. The average molecular weight is 1370 g/mol. The molecule has 6 aliphatic rings. The summed E-state index contributed by atoms with van der Waals surface area (Å²) in [5, 5.41) is 0. The zero-order chi connectivity index (χ0) is 70.2. The molecule has 16 aromatic carbocycles. The van der Waals surface area contributed by atoms with Crippen molar-refractivity contribution in [2.24, 2.45) is 0 Å². The molecule has 107 heavy (non-hydrogen) atoms. The van der Waals surface area contributed by atoms with Crippen molar-refractivity contribution in [1.82, 2.24) is 0 Å². The lowest BCUT2D eigenvalue weighted by Gasteiger charge is -2.46. The van der Waals surface area contributed by atoms with Crippen LogP contribution in [-0.2, 0) is 0 Å². The molecule has 0 radical (unpaired) electrons. The summed E-state index contributed by atoms with van der Waals surface area (Å²) >= 11 is 0. The molecule has 0 amide bonds. The van der Waals surface area contributed by atoms with Crippen molar-refractivity contribution < 1.29 is 14.2 Å². The van der Waals surface area contributed by atoms with Gasteiger partial charge in [-0.15, -0.1) is 0 Å². The molecule has 8 nitrogen and oxygen atoms in total. The van der Waals surface area contributed by atoms with E-state index in [4.69, 9.17) is 14.2 Å². The Bertz CT molecular complexity index is 6090. The second-order valence-corrected chi connectivity index (χ2v) is 28.1. The Labute approximate surface area is 622 Å². The summed E-state index contributed by atoms with van der Waals surface area (Å²) in [4.78, 5) is 12.1. The van der Waals surface area contributed by atoms with E-state index in [0.29, 0.717) is 5.75 Å². The molecule has 6 heterocycles. The molecule has 0 N–H and O–H groups in total. The topological polar surface area (TPSA) is 43.9 Å². The van der Waals surface area contributed by atoms with Crippen molar-refractivity contribution in [3.05, 3.63) is 376 Å². The lowest BCUT2D eigenvalue weighted by Crippen LogP contribution is -2.65. The van der Waals surface area contributed by atoms with Crippen LogP contribution in [0.5, 0.6) is 34.5 Å². The summed E-state index contributed by atoms with van der Waals surface area (Å²) < 4.78 is 23.9. The van der Waals surface area contributed by atoms with E-state index in [0.717, 1.165) is 180 Å². The third-order valence-corrected chi connectivity index (χ3v) is 22.3. The summed E-state index contributed by atoms with van der Waals surface area (Å²) in [5.41, 5.74) is 29.5. The van der Waals surface area contributed by atoms with Gasteiger partial charge in [-0.05, 0) is 158 Å². The molecule has 0 atom stereocenters. The molecule has 16 aromatic rings. The van der Waals surface area contributed by atoms with Crippen LogP contribution in [-0.4, -0.2) is 20.1 Å². The van der Waals surface area contributed by atoms with Gasteiger partial charge >= 0.3 is 0 Å². The molecule has 0 fully saturated rings. The van der Waals surface area contributed by atoms with E-state index >= 15 is 0 Å². The molecular weight excluding hydrogens is 1300 g/mol. The highest BCUT2D eigenvalue weighted by Gasteiger charge is 2.52. The SMILES string of the molecule is c1ccc(-c2cccc(-c3ccccc3)c2N2c3cc4c(cc3B3c5ccccc5Oc5c6c(cc2c53)Oc2cc(N(c3ccccc3)c3ccccc3)cc3c2B6c2ccccc2N3c2ccccc2)B2c3ccccc3N(c3ccccc3)c3cc(N(c5ccccc5)c5ccccc5)cc(c32)O4)cc1. The minimum Gasteiger partial charge on any atom is -0.459 e. The predicted octanol–water partition coefficient (Wildman–Crippen LogP) is 19.2. The first kappa shape index (κ1) is 60.7. The van der Waals surface area contributed by atoms with Gasteiger partial charge in [0, 0.05) is 109 Å². The molecule has 0 unspecified atom stereocenters. The number of para-hydroxylation sites is 10. The van der Waals surface area contributed by atoms with Gasteiger partial charge in [0.2, 0.25) is 0 Å². The number of fused-ring (bicyclic) bond motifs is 13. The molecule has 6 aliphatic heterocycles. The fourth-order valence-electron chi connectivity index (χ4n) is 18.0. The molecule has 0 bridgehead atoms. The van der Waals surface area contributed by atoms with Gasteiger partial charge in [-0.3, -0.25) is 0 Å². The molecule has 0 aliphatic carbocycles. The first-order chi connectivity index (χ1) is 53.1. The van der Waals surface area contributed by atoms with Gasteiger partial charge in [-0.1, -0.05) is 249 Å². The Balaban J connectivity index is 0.841. The zero-order valence-corrected chi connectivity index (χ0v) is 58.0. The quantitative estimate of drug-likeness (QED) is 0.119. The molecule has 11 heteroatoms. The Hall–Kier alpha value is -13.9. The fourth-order valence-corrected chi connectivity index (χ4v) is 18.0. The molecule has 498 valence electrons. The maximum Gasteiger partial charge on any atom is 0.261 e. The monoisotopic (exact) mass is 1370 g/mol. The van der Waals surface area contributed by atoms with Crippen LogP contribution >= 0.6 is 0 Å². The van der Waals surface area contributed by atoms with E-state index in [2.05, 4.69) is 401 Å².